The van der Waals surface area contributed by atoms with Crippen LogP contribution in [0.3, 0.4) is 0 Å². The van der Waals surface area contributed by atoms with Gasteiger partial charge in [0.2, 0.25) is 6.10 Å². The number of amides is 2. The molecule has 2 heterocycles. The highest BCUT2D eigenvalue weighted by molar-refractivity contribution is 5.97. The molecule has 2 amide bonds. The number of carbonyl (C=O) groups is 2. The Morgan fingerprint density at radius 2 is 1.73 bits per heavy atom. The summed E-state index contributed by atoms with van der Waals surface area (Å²) in [7, 11) is 0. The van der Waals surface area contributed by atoms with Crippen LogP contribution in [0.2, 0.25) is 0 Å². The maximum atomic E-state index is 12.5. The standard InChI is InChI=1S/C22H25N3O5/c26-21(23-9-10-25-11-13-28-14-12-25)16-5-7-17(8-6-16)24-22(27)20-15-29-18-3-1-2-4-19(18)30-20/h1-8,20H,9-15H2,(H,23,26)(H,24,27)/t20-/m1/s1. The number of rotatable bonds is 6. The lowest BCUT2D eigenvalue weighted by Gasteiger charge is -2.26. The summed E-state index contributed by atoms with van der Waals surface area (Å²) in [6.07, 6.45) is -0.733. The third-order valence-corrected chi connectivity index (χ3v) is 5.03. The van der Waals surface area contributed by atoms with E-state index >= 15 is 0 Å². The molecule has 0 spiro atoms. The highest BCUT2D eigenvalue weighted by Crippen LogP contribution is 2.31. The van der Waals surface area contributed by atoms with Gasteiger partial charge < -0.3 is 24.8 Å². The van der Waals surface area contributed by atoms with E-state index in [1.165, 1.54) is 0 Å². The Balaban J connectivity index is 1.25. The van der Waals surface area contributed by atoms with Crippen molar-refractivity contribution in [2.75, 3.05) is 51.3 Å². The van der Waals surface area contributed by atoms with Crippen molar-refractivity contribution in [2.45, 2.75) is 6.10 Å². The summed E-state index contributed by atoms with van der Waals surface area (Å²) in [6, 6.07) is 14.0. The molecule has 0 radical (unpaired) electrons. The SMILES string of the molecule is O=C(NCCN1CCOCC1)c1ccc(NC(=O)[C@H]2COc3ccccc3O2)cc1. The molecule has 30 heavy (non-hydrogen) atoms. The first kappa shape index (κ1) is 20.2. The topological polar surface area (TPSA) is 89.1 Å². The number of hydrogen-bond donors (Lipinski definition) is 2. The Labute approximate surface area is 175 Å². The van der Waals surface area contributed by atoms with Gasteiger partial charge in [-0.15, -0.1) is 0 Å². The molecule has 158 valence electrons. The van der Waals surface area contributed by atoms with Crippen molar-refractivity contribution in [3.05, 3.63) is 54.1 Å². The molecular formula is C22H25N3O5. The molecule has 4 rings (SSSR count). The number of nitrogens with zero attached hydrogens (tertiary/aromatic N) is 1. The molecule has 2 N–H and O–H groups in total. The van der Waals surface area contributed by atoms with Crippen molar-refractivity contribution in [3.8, 4) is 11.5 Å². The Morgan fingerprint density at radius 1 is 1.00 bits per heavy atom. The van der Waals surface area contributed by atoms with Crippen LogP contribution in [0.15, 0.2) is 48.5 Å². The number of nitrogens with one attached hydrogen (secondary N) is 2. The third kappa shape index (κ3) is 5.08. The van der Waals surface area contributed by atoms with Gasteiger partial charge in [0.05, 0.1) is 13.2 Å². The molecule has 0 aliphatic carbocycles. The number of hydrogen-bond acceptors (Lipinski definition) is 6. The van der Waals surface area contributed by atoms with Crippen LogP contribution in [0.1, 0.15) is 10.4 Å². The van der Waals surface area contributed by atoms with E-state index in [0.717, 1.165) is 32.8 Å². The number of ether oxygens (including phenoxy) is 3. The van der Waals surface area contributed by atoms with E-state index in [1.54, 1.807) is 36.4 Å². The van der Waals surface area contributed by atoms with Crippen LogP contribution in [0.5, 0.6) is 11.5 Å². The molecule has 2 aromatic carbocycles. The number of carbonyl (C=O) groups excluding carboxylic acids is 2. The Morgan fingerprint density at radius 3 is 2.50 bits per heavy atom. The zero-order valence-corrected chi connectivity index (χ0v) is 16.6. The van der Waals surface area contributed by atoms with Gasteiger partial charge in [-0.3, -0.25) is 14.5 Å². The molecule has 1 saturated heterocycles. The van der Waals surface area contributed by atoms with E-state index in [1.807, 2.05) is 12.1 Å². The van der Waals surface area contributed by atoms with Crippen molar-refractivity contribution in [2.24, 2.45) is 0 Å². The van der Waals surface area contributed by atoms with Crippen LogP contribution >= 0.6 is 0 Å². The number of anilines is 1. The van der Waals surface area contributed by atoms with E-state index in [2.05, 4.69) is 15.5 Å². The molecule has 1 atom stereocenters. The van der Waals surface area contributed by atoms with Gasteiger partial charge in [-0.1, -0.05) is 12.1 Å². The fourth-order valence-electron chi connectivity index (χ4n) is 3.33. The predicted molar refractivity (Wildman–Crippen MR) is 111 cm³/mol. The lowest BCUT2D eigenvalue weighted by Crippen LogP contribution is -2.41. The first-order valence-corrected chi connectivity index (χ1v) is 10.1. The zero-order chi connectivity index (χ0) is 20.8. The summed E-state index contributed by atoms with van der Waals surface area (Å²) in [4.78, 5) is 27.0. The smallest absolute Gasteiger partial charge is 0.269 e. The third-order valence-electron chi connectivity index (χ3n) is 5.03. The summed E-state index contributed by atoms with van der Waals surface area (Å²) in [6.45, 7) is 4.80. The van der Waals surface area contributed by atoms with E-state index in [0.29, 0.717) is 29.3 Å². The van der Waals surface area contributed by atoms with Gasteiger partial charge in [0.1, 0.15) is 6.61 Å². The molecular weight excluding hydrogens is 386 g/mol. The summed E-state index contributed by atoms with van der Waals surface area (Å²) < 4.78 is 16.6. The minimum absolute atomic E-state index is 0.137. The minimum atomic E-state index is -0.733. The Bertz CT molecular complexity index is 881. The fraction of sp³-hybridized carbons (Fsp3) is 0.364. The van der Waals surface area contributed by atoms with Gasteiger partial charge in [0, 0.05) is 37.4 Å². The molecule has 2 aliphatic rings. The van der Waals surface area contributed by atoms with Gasteiger partial charge >= 0.3 is 0 Å². The van der Waals surface area contributed by atoms with Crippen LogP contribution in [0.4, 0.5) is 5.69 Å². The second kappa shape index (κ2) is 9.60. The molecule has 0 aromatic heterocycles. The molecule has 0 bridgehead atoms. The highest BCUT2D eigenvalue weighted by Gasteiger charge is 2.27. The van der Waals surface area contributed by atoms with Crippen molar-refractivity contribution >= 4 is 17.5 Å². The summed E-state index contributed by atoms with van der Waals surface area (Å²) >= 11 is 0. The Kier molecular flexibility index (Phi) is 6.46. The number of morpholine rings is 1. The van der Waals surface area contributed by atoms with Crippen molar-refractivity contribution in [1.82, 2.24) is 10.2 Å². The second-order valence-electron chi connectivity index (χ2n) is 7.14. The first-order chi connectivity index (χ1) is 14.7. The summed E-state index contributed by atoms with van der Waals surface area (Å²) in [5.74, 6) is 0.743. The number of para-hydroxylation sites is 2. The van der Waals surface area contributed by atoms with Gasteiger partial charge in [-0.2, -0.15) is 0 Å². The maximum Gasteiger partial charge on any atom is 0.269 e. The monoisotopic (exact) mass is 411 g/mol. The average molecular weight is 411 g/mol. The summed E-state index contributed by atoms with van der Waals surface area (Å²) in [5, 5.41) is 5.72. The molecule has 1 fully saturated rings. The predicted octanol–water partition coefficient (Wildman–Crippen LogP) is 1.53. The Hall–Kier alpha value is -3.10. The fourth-order valence-corrected chi connectivity index (χ4v) is 3.33. The average Bonchev–Trinajstić information content (AvgIpc) is 2.80. The molecule has 0 saturated carbocycles. The molecule has 0 unspecified atom stereocenters. The van der Waals surface area contributed by atoms with E-state index in [9.17, 15) is 9.59 Å². The van der Waals surface area contributed by atoms with Crippen LogP contribution < -0.4 is 20.1 Å². The maximum absolute atomic E-state index is 12.5. The van der Waals surface area contributed by atoms with Gasteiger partial charge in [-0.25, -0.2) is 0 Å². The van der Waals surface area contributed by atoms with Crippen molar-refractivity contribution in [3.63, 3.8) is 0 Å². The minimum Gasteiger partial charge on any atom is -0.485 e. The lowest BCUT2D eigenvalue weighted by atomic mass is 10.2. The van der Waals surface area contributed by atoms with Gasteiger partial charge in [0.25, 0.3) is 11.8 Å². The number of benzene rings is 2. The molecule has 2 aromatic rings. The molecule has 2 aliphatic heterocycles. The molecule has 8 heteroatoms. The van der Waals surface area contributed by atoms with Gasteiger partial charge in [0.15, 0.2) is 11.5 Å². The van der Waals surface area contributed by atoms with E-state index in [4.69, 9.17) is 14.2 Å². The second-order valence-corrected chi connectivity index (χ2v) is 7.14. The number of fused-ring (bicyclic) bond motifs is 1. The zero-order valence-electron chi connectivity index (χ0n) is 16.6. The van der Waals surface area contributed by atoms with E-state index < -0.39 is 6.10 Å². The van der Waals surface area contributed by atoms with Crippen LogP contribution in [-0.2, 0) is 9.53 Å². The molecule has 8 nitrogen and oxygen atoms in total. The normalized spacial score (nSPS) is 18.5. The first-order valence-electron chi connectivity index (χ1n) is 10.1. The van der Waals surface area contributed by atoms with Crippen LogP contribution in [-0.4, -0.2) is 68.8 Å². The van der Waals surface area contributed by atoms with Crippen LogP contribution in [0, 0.1) is 0 Å². The highest BCUT2D eigenvalue weighted by atomic mass is 16.6. The quantitative estimate of drug-likeness (QED) is 0.750. The van der Waals surface area contributed by atoms with Crippen molar-refractivity contribution in [1.29, 1.82) is 0 Å². The van der Waals surface area contributed by atoms with Gasteiger partial charge in [-0.05, 0) is 36.4 Å². The van der Waals surface area contributed by atoms with E-state index in [-0.39, 0.29) is 18.4 Å². The largest absolute Gasteiger partial charge is 0.485 e. The van der Waals surface area contributed by atoms with Crippen molar-refractivity contribution < 1.29 is 23.8 Å². The lowest BCUT2D eigenvalue weighted by molar-refractivity contribution is -0.125. The van der Waals surface area contributed by atoms with Crippen LogP contribution in [0.25, 0.3) is 0 Å². The summed E-state index contributed by atoms with van der Waals surface area (Å²) in [5.41, 5.74) is 1.13.